The SMILES string of the molecule is CC#CCn1c(N2CCC[C@@H](N)C2)nc2c1c(=O)n(Cc1ccccc1C(F)(F)F)c(=O)n2C. The minimum absolute atomic E-state index is 0.0568. The number of anilines is 1. The van der Waals surface area contributed by atoms with Crippen LogP contribution in [-0.2, 0) is 26.3 Å². The molecule has 34 heavy (non-hydrogen) atoms. The summed E-state index contributed by atoms with van der Waals surface area (Å²) in [5, 5.41) is 0. The summed E-state index contributed by atoms with van der Waals surface area (Å²) >= 11 is 0. The van der Waals surface area contributed by atoms with Crippen molar-refractivity contribution in [2.45, 2.75) is 45.1 Å². The molecule has 1 aliphatic heterocycles. The summed E-state index contributed by atoms with van der Waals surface area (Å²) in [6.07, 6.45) is -2.90. The highest BCUT2D eigenvalue weighted by Gasteiger charge is 2.33. The largest absolute Gasteiger partial charge is 0.416 e. The van der Waals surface area contributed by atoms with E-state index in [9.17, 15) is 22.8 Å². The Hall–Kier alpha value is -3.52. The lowest BCUT2D eigenvalue weighted by molar-refractivity contribution is -0.138. The highest BCUT2D eigenvalue weighted by Crippen LogP contribution is 2.32. The summed E-state index contributed by atoms with van der Waals surface area (Å²) in [4.78, 5) is 33.1. The molecule has 0 bridgehead atoms. The molecule has 1 saturated heterocycles. The van der Waals surface area contributed by atoms with Crippen LogP contribution in [0.1, 0.15) is 30.9 Å². The van der Waals surface area contributed by atoms with Crippen molar-refractivity contribution in [1.82, 2.24) is 18.7 Å². The van der Waals surface area contributed by atoms with Crippen LogP contribution in [0.25, 0.3) is 11.2 Å². The van der Waals surface area contributed by atoms with Crippen molar-refractivity contribution in [3.8, 4) is 11.8 Å². The number of hydrogen-bond donors (Lipinski definition) is 1. The molecule has 3 heterocycles. The number of alkyl halides is 3. The van der Waals surface area contributed by atoms with Gasteiger partial charge in [-0.15, -0.1) is 5.92 Å². The molecule has 0 unspecified atom stereocenters. The topological polar surface area (TPSA) is 91.1 Å². The number of aryl methyl sites for hydroxylation is 1. The lowest BCUT2D eigenvalue weighted by Crippen LogP contribution is -2.44. The average molecular weight is 474 g/mol. The molecule has 2 N–H and O–H groups in total. The van der Waals surface area contributed by atoms with Gasteiger partial charge in [0, 0.05) is 26.2 Å². The molecule has 180 valence electrons. The first kappa shape index (κ1) is 23.6. The van der Waals surface area contributed by atoms with Gasteiger partial charge in [0.2, 0.25) is 5.95 Å². The van der Waals surface area contributed by atoms with E-state index in [4.69, 9.17) is 5.73 Å². The molecule has 8 nitrogen and oxygen atoms in total. The fourth-order valence-corrected chi connectivity index (χ4v) is 4.35. The maximum atomic E-state index is 13.5. The van der Waals surface area contributed by atoms with Crippen molar-refractivity contribution in [1.29, 1.82) is 0 Å². The highest BCUT2D eigenvalue weighted by atomic mass is 19.4. The molecule has 1 aliphatic rings. The van der Waals surface area contributed by atoms with E-state index in [0.717, 1.165) is 23.5 Å². The van der Waals surface area contributed by atoms with E-state index >= 15 is 0 Å². The Labute approximate surface area is 193 Å². The van der Waals surface area contributed by atoms with Gasteiger partial charge in [-0.05, 0) is 31.4 Å². The average Bonchev–Trinajstić information content (AvgIpc) is 3.18. The van der Waals surface area contributed by atoms with E-state index in [1.54, 1.807) is 11.5 Å². The quantitative estimate of drug-likeness (QED) is 0.584. The third kappa shape index (κ3) is 4.21. The van der Waals surface area contributed by atoms with Gasteiger partial charge in [-0.3, -0.25) is 18.5 Å². The maximum Gasteiger partial charge on any atom is 0.416 e. The number of benzene rings is 1. The number of piperidine rings is 1. The summed E-state index contributed by atoms with van der Waals surface area (Å²) < 4.78 is 44.2. The summed E-state index contributed by atoms with van der Waals surface area (Å²) in [6.45, 7) is 2.49. The molecule has 0 spiro atoms. The van der Waals surface area contributed by atoms with Gasteiger partial charge in [0.1, 0.15) is 0 Å². The summed E-state index contributed by atoms with van der Waals surface area (Å²) in [5.74, 6) is 6.18. The predicted octanol–water partition coefficient (Wildman–Crippen LogP) is 1.91. The van der Waals surface area contributed by atoms with Crippen LogP contribution < -0.4 is 21.9 Å². The van der Waals surface area contributed by atoms with E-state index in [1.165, 1.54) is 29.8 Å². The van der Waals surface area contributed by atoms with E-state index < -0.39 is 29.5 Å². The molecule has 1 aromatic carbocycles. The number of fused-ring (bicyclic) bond motifs is 1. The van der Waals surface area contributed by atoms with E-state index in [-0.39, 0.29) is 29.3 Å². The molecule has 0 radical (unpaired) electrons. The zero-order chi connectivity index (χ0) is 24.6. The first-order valence-electron chi connectivity index (χ1n) is 10.9. The number of imidazole rings is 1. The third-order valence-electron chi connectivity index (χ3n) is 6.02. The number of aromatic nitrogens is 4. The van der Waals surface area contributed by atoms with Crippen molar-refractivity contribution < 1.29 is 13.2 Å². The van der Waals surface area contributed by atoms with Crippen molar-refractivity contribution in [3.63, 3.8) is 0 Å². The second kappa shape index (κ2) is 9.02. The van der Waals surface area contributed by atoms with Gasteiger partial charge in [0.15, 0.2) is 11.2 Å². The van der Waals surface area contributed by atoms with Crippen molar-refractivity contribution in [2.24, 2.45) is 12.8 Å². The highest BCUT2D eigenvalue weighted by molar-refractivity contribution is 5.75. The van der Waals surface area contributed by atoms with Crippen LogP contribution in [0.3, 0.4) is 0 Å². The molecular formula is C23H25F3N6O2. The molecule has 4 rings (SSSR count). The van der Waals surface area contributed by atoms with Gasteiger partial charge in [-0.25, -0.2) is 4.79 Å². The number of hydrogen-bond acceptors (Lipinski definition) is 5. The number of halogens is 3. The third-order valence-corrected chi connectivity index (χ3v) is 6.02. The van der Waals surface area contributed by atoms with Crippen LogP contribution in [0.5, 0.6) is 0 Å². The standard InChI is InChI=1S/C23H25F3N6O2/c1-3-4-12-31-18-19(28-21(31)30-11-7-9-16(27)14-30)29(2)22(34)32(20(18)33)13-15-8-5-6-10-17(15)23(24,25)26/h5-6,8,10,16H,7,9,11-14,27H2,1-2H3/t16-/m1/s1. The van der Waals surface area contributed by atoms with Crippen molar-refractivity contribution in [2.75, 3.05) is 18.0 Å². The van der Waals surface area contributed by atoms with Gasteiger partial charge in [-0.1, -0.05) is 24.1 Å². The van der Waals surface area contributed by atoms with Gasteiger partial charge in [0.05, 0.1) is 18.7 Å². The minimum atomic E-state index is -4.62. The fraction of sp³-hybridized carbons (Fsp3) is 0.435. The molecule has 0 amide bonds. The van der Waals surface area contributed by atoms with Crippen molar-refractivity contribution in [3.05, 3.63) is 56.2 Å². The minimum Gasteiger partial charge on any atom is -0.341 e. The molecule has 2 aromatic heterocycles. The lowest BCUT2D eigenvalue weighted by atomic mass is 10.1. The Balaban J connectivity index is 1.93. The van der Waals surface area contributed by atoms with Crippen LogP contribution in [0.2, 0.25) is 0 Å². The number of nitrogens with two attached hydrogens (primary N) is 1. The van der Waals surface area contributed by atoms with Gasteiger partial charge >= 0.3 is 11.9 Å². The normalized spacial score (nSPS) is 16.5. The predicted molar refractivity (Wildman–Crippen MR) is 123 cm³/mol. The van der Waals surface area contributed by atoms with Crippen molar-refractivity contribution >= 4 is 17.1 Å². The Bertz CT molecular complexity index is 1410. The summed E-state index contributed by atoms with van der Waals surface area (Å²) in [7, 11) is 1.45. The molecule has 11 heteroatoms. The Morgan fingerprint density at radius 3 is 2.62 bits per heavy atom. The van der Waals surface area contributed by atoms with E-state index in [2.05, 4.69) is 16.8 Å². The smallest absolute Gasteiger partial charge is 0.341 e. The Morgan fingerprint density at radius 1 is 1.21 bits per heavy atom. The zero-order valence-electron chi connectivity index (χ0n) is 18.9. The molecule has 3 aromatic rings. The van der Waals surface area contributed by atoms with Gasteiger partial charge in [0.25, 0.3) is 5.56 Å². The van der Waals surface area contributed by atoms with Gasteiger partial charge < -0.3 is 10.6 Å². The van der Waals surface area contributed by atoms with Crippen LogP contribution in [0, 0.1) is 11.8 Å². The van der Waals surface area contributed by atoms with Crippen LogP contribution in [-0.4, -0.2) is 37.8 Å². The first-order chi connectivity index (χ1) is 16.1. The van der Waals surface area contributed by atoms with Crippen LogP contribution in [0.4, 0.5) is 19.1 Å². The fourth-order valence-electron chi connectivity index (χ4n) is 4.35. The van der Waals surface area contributed by atoms with E-state index in [0.29, 0.717) is 19.0 Å². The van der Waals surface area contributed by atoms with Crippen LogP contribution in [0.15, 0.2) is 33.9 Å². The molecule has 1 atom stereocenters. The number of nitrogens with zero attached hydrogens (tertiary/aromatic N) is 5. The molecule has 1 fully saturated rings. The molecule has 0 aliphatic carbocycles. The Kier molecular flexibility index (Phi) is 6.27. The van der Waals surface area contributed by atoms with E-state index in [1.807, 2.05) is 4.90 Å². The number of rotatable bonds is 4. The van der Waals surface area contributed by atoms with Crippen LogP contribution >= 0.6 is 0 Å². The maximum absolute atomic E-state index is 13.5. The second-order valence-electron chi connectivity index (χ2n) is 8.33. The lowest BCUT2D eigenvalue weighted by Gasteiger charge is -2.31. The van der Waals surface area contributed by atoms with Gasteiger partial charge in [-0.2, -0.15) is 18.2 Å². The monoisotopic (exact) mass is 474 g/mol. The Morgan fingerprint density at radius 2 is 1.94 bits per heavy atom. The molecule has 0 saturated carbocycles. The second-order valence-corrected chi connectivity index (χ2v) is 8.33. The summed E-state index contributed by atoms with van der Waals surface area (Å²) in [5.41, 5.74) is 3.88. The first-order valence-corrected chi connectivity index (χ1v) is 10.9. The zero-order valence-corrected chi connectivity index (χ0v) is 18.9. The summed E-state index contributed by atoms with van der Waals surface area (Å²) in [6, 6.07) is 4.85. The molecular weight excluding hydrogens is 449 g/mol.